The van der Waals surface area contributed by atoms with Gasteiger partial charge in [0.25, 0.3) is 11.7 Å². The van der Waals surface area contributed by atoms with E-state index in [4.69, 9.17) is 21.1 Å². The van der Waals surface area contributed by atoms with Crippen molar-refractivity contribution >= 4 is 29.3 Å². The fraction of sp³-hybridized carbons (Fsp3) is 0.294. The predicted molar refractivity (Wildman–Crippen MR) is 96.4 cm³/mol. The smallest absolute Gasteiger partial charge is 0.290 e. The van der Waals surface area contributed by atoms with Crippen LogP contribution in [0.5, 0.6) is 11.5 Å². The molecule has 0 spiro atoms. The normalized spacial score (nSPS) is 10.7. The van der Waals surface area contributed by atoms with E-state index >= 15 is 0 Å². The summed E-state index contributed by atoms with van der Waals surface area (Å²) in [4.78, 5) is 16.2. The van der Waals surface area contributed by atoms with E-state index < -0.39 is 11.7 Å². The minimum atomic E-state index is -2.66. The molecule has 0 radical (unpaired) electrons. The number of alkyl halides is 2. The van der Waals surface area contributed by atoms with E-state index in [2.05, 4.69) is 10.3 Å². The molecule has 9 heteroatoms. The maximum absolute atomic E-state index is 12.6. The summed E-state index contributed by atoms with van der Waals surface area (Å²) in [5.41, 5.74) is 0.761. The molecule has 0 aliphatic carbocycles. The van der Waals surface area contributed by atoms with Crippen molar-refractivity contribution < 1.29 is 23.0 Å². The van der Waals surface area contributed by atoms with Gasteiger partial charge in [-0.3, -0.25) is 4.79 Å². The van der Waals surface area contributed by atoms with Crippen molar-refractivity contribution in [3.05, 3.63) is 46.6 Å². The van der Waals surface area contributed by atoms with Gasteiger partial charge in [0.1, 0.15) is 5.03 Å². The third kappa shape index (κ3) is 5.22. The Hall–Kier alpha value is -2.06. The van der Waals surface area contributed by atoms with Gasteiger partial charge in [0.05, 0.1) is 24.3 Å². The first kappa shape index (κ1) is 20.3. The SMILES string of the molecule is CCOc1c(Cl)cc(CNC(=O)c2cccnc2SC(F)F)cc1OC. The molecule has 0 saturated heterocycles. The van der Waals surface area contributed by atoms with E-state index in [1.54, 1.807) is 12.1 Å². The number of methoxy groups -OCH3 is 1. The summed E-state index contributed by atoms with van der Waals surface area (Å²) in [6.07, 6.45) is 1.36. The Morgan fingerprint density at radius 3 is 2.85 bits per heavy atom. The maximum atomic E-state index is 12.6. The molecule has 1 aromatic heterocycles. The molecule has 0 saturated carbocycles. The molecule has 0 aliphatic rings. The lowest BCUT2D eigenvalue weighted by atomic mass is 10.2. The molecule has 140 valence electrons. The first-order chi connectivity index (χ1) is 12.5. The highest BCUT2D eigenvalue weighted by Gasteiger charge is 2.17. The van der Waals surface area contributed by atoms with Crippen LogP contribution in [0.4, 0.5) is 8.78 Å². The van der Waals surface area contributed by atoms with Crippen LogP contribution in [0.15, 0.2) is 35.5 Å². The van der Waals surface area contributed by atoms with E-state index in [1.165, 1.54) is 25.4 Å². The largest absolute Gasteiger partial charge is 0.493 e. The average Bonchev–Trinajstić information content (AvgIpc) is 2.61. The Kier molecular flexibility index (Phi) is 7.47. The van der Waals surface area contributed by atoms with Crippen LogP contribution in [0.1, 0.15) is 22.8 Å². The molecule has 1 heterocycles. The number of thioether (sulfide) groups is 1. The fourth-order valence-electron chi connectivity index (χ4n) is 2.18. The van der Waals surface area contributed by atoms with Crippen molar-refractivity contribution in [3.8, 4) is 11.5 Å². The number of aromatic nitrogens is 1. The van der Waals surface area contributed by atoms with Crippen LogP contribution in [0, 0.1) is 0 Å². The van der Waals surface area contributed by atoms with Gasteiger partial charge in [0, 0.05) is 12.7 Å². The molecular formula is C17H17ClF2N2O3S. The van der Waals surface area contributed by atoms with Crippen LogP contribution in [0.2, 0.25) is 5.02 Å². The lowest BCUT2D eigenvalue weighted by Gasteiger charge is -2.14. The lowest BCUT2D eigenvalue weighted by molar-refractivity contribution is 0.0947. The number of rotatable bonds is 8. The number of nitrogens with zero attached hydrogens (tertiary/aromatic N) is 1. The monoisotopic (exact) mass is 402 g/mol. The second-order valence-electron chi connectivity index (χ2n) is 4.96. The number of pyridine rings is 1. The van der Waals surface area contributed by atoms with Crippen molar-refractivity contribution in [1.82, 2.24) is 10.3 Å². The molecule has 0 unspecified atom stereocenters. The van der Waals surface area contributed by atoms with E-state index in [0.717, 1.165) is 0 Å². The van der Waals surface area contributed by atoms with Gasteiger partial charge in [0.2, 0.25) is 0 Å². The number of carbonyl (C=O) groups is 1. The molecule has 2 aromatic rings. The van der Waals surface area contributed by atoms with E-state index in [0.29, 0.717) is 28.7 Å². The average molecular weight is 403 g/mol. The summed E-state index contributed by atoms with van der Waals surface area (Å²) in [7, 11) is 1.49. The third-order valence-corrected chi connectivity index (χ3v) is 4.25. The Balaban J connectivity index is 2.14. The Morgan fingerprint density at radius 2 is 2.19 bits per heavy atom. The molecule has 0 aliphatic heterocycles. The quantitative estimate of drug-likeness (QED) is 0.664. The number of benzene rings is 1. The lowest BCUT2D eigenvalue weighted by Crippen LogP contribution is -2.23. The summed E-state index contributed by atoms with van der Waals surface area (Å²) in [5, 5.41) is 2.99. The zero-order valence-corrected chi connectivity index (χ0v) is 15.7. The Labute approximate surface area is 159 Å². The van der Waals surface area contributed by atoms with E-state index in [9.17, 15) is 13.6 Å². The van der Waals surface area contributed by atoms with Gasteiger partial charge in [-0.1, -0.05) is 11.6 Å². The zero-order valence-electron chi connectivity index (χ0n) is 14.1. The minimum absolute atomic E-state index is 0.0256. The molecule has 2 rings (SSSR count). The van der Waals surface area contributed by atoms with Gasteiger partial charge in [-0.2, -0.15) is 8.78 Å². The number of ether oxygens (including phenoxy) is 2. The highest BCUT2D eigenvalue weighted by Crippen LogP contribution is 2.36. The first-order valence-electron chi connectivity index (χ1n) is 7.63. The Morgan fingerprint density at radius 1 is 1.42 bits per heavy atom. The van der Waals surface area contributed by atoms with Gasteiger partial charge in [-0.05, 0) is 48.5 Å². The predicted octanol–water partition coefficient (Wildman–Crippen LogP) is 4.39. The summed E-state index contributed by atoms with van der Waals surface area (Å²) in [6.45, 7) is 2.39. The molecule has 0 fully saturated rings. The zero-order chi connectivity index (χ0) is 19.1. The summed E-state index contributed by atoms with van der Waals surface area (Å²) < 4.78 is 35.9. The molecule has 1 N–H and O–H groups in total. The number of hydrogen-bond acceptors (Lipinski definition) is 5. The van der Waals surface area contributed by atoms with Gasteiger partial charge in [-0.15, -0.1) is 0 Å². The van der Waals surface area contributed by atoms with Crippen LogP contribution >= 0.6 is 23.4 Å². The third-order valence-electron chi connectivity index (χ3n) is 3.25. The highest BCUT2D eigenvalue weighted by molar-refractivity contribution is 7.99. The van der Waals surface area contributed by atoms with Gasteiger partial charge >= 0.3 is 0 Å². The molecule has 1 amide bonds. The van der Waals surface area contributed by atoms with E-state index in [-0.39, 0.29) is 28.9 Å². The van der Waals surface area contributed by atoms with Crippen molar-refractivity contribution in [2.45, 2.75) is 24.3 Å². The molecule has 5 nitrogen and oxygen atoms in total. The minimum Gasteiger partial charge on any atom is -0.493 e. The highest BCUT2D eigenvalue weighted by atomic mass is 35.5. The second-order valence-corrected chi connectivity index (χ2v) is 6.35. The van der Waals surface area contributed by atoms with Crippen LogP contribution in [-0.4, -0.2) is 30.4 Å². The number of nitrogens with one attached hydrogen (secondary N) is 1. The topological polar surface area (TPSA) is 60.5 Å². The fourth-order valence-corrected chi connectivity index (χ4v) is 3.05. The molecule has 1 aromatic carbocycles. The van der Waals surface area contributed by atoms with Gasteiger partial charge in [-0.25, -0.2) is 4.98 Å². The van der Waals surface area contributed by atoms with Crippen molar-refractivity contribution in [2.75, 3.05) is 13.7 Å². The first-order valence-corrected chi connectivity index (χ1v) is 8.89. The van der Waals surface area contributed by atoms with E-state index in [1.807, 2.05) is 6.92 Å². The number of hydrogen-bond donors (Lipinski definition) is 1. The molecule has 0 bridgehead atoms. The van der Waals surface area contributed by atoms with Crippen LogP contribution in [0.3, 0.4) is 0 Å². The van der Waals surface area contributed by atoms with Crippen molar-refractivity contribution in [2.24, 2.45) is 0 Å². The van der Waals surface area contributed by atoms with Gasteiger partial charge in [0.15, 0.2) is 11.5 Å². The number of carbonyl (C=O) groups excluding carboxylic acids is 1. The standard InChI is InChI=1S/C17H17ClF2N2O3S/c1-3-25-14-12(18)7-10(8-13(14)24-2)9-22-15(23)11-5-4-6-21-16(11)26-17(19)20/h4-8,17H,3,9H2,1-2H3,(H,22,23). The Bertz CT molecular complexity index is 778. The summed E-state index contributed by atoms with van der Waals surface area (Å²) in [6, 6.07) is 6.29. The van der Waals surface area contributed by atoms with Gasteiger partial charge < -0.3 is 14.8 Å². The number of amides is 1. The maximum Gasteiger partial charge on any atom is 0.290 e. The molecule has 0 atom stereocenters. The van der Waals surface area contributed by atoms with Crippen molar-refractivity contribution in [1.29, 1.82) is 0 Å². The molecular weight excluding hydrogens is 386 g/mol. The van der Waals surface area contributed by atoms with Crippen LogP contribution < -0.4 is 14.8 Å². The second kappa shape index (κ2) is 9.59. The summed E-state index contributed by atoms with van der Waals surface area (Å²) >= 11 is 6.42. The van der Waals surface area contributed by atoms with Crippen LogP contribution in [0.25, 0.3) is 0 Å². The number of halogens is 3. The summed E-state index contributed by atoms with van der Waals surface area (Å²) in [5.74, 6) is -2.30. The molecule has 26 heavy (non-hydrogen) atoms. The van der Waals surface area contributed by atoms with Crippen molar-refractivity contribution in [3.63, 3.8) is 0 Å². The van der Waals surface area contributed by atoms with Crippen LogP contribution in [-0.2, 0) is 6.54 Å².